The largest absolute Gasteiger partial charge is 0.481 e. The van der Waals surface area contributed by atoms with E-state index in [2.05, 4.69) is 30.6 Å². The summed E-state index contributed by atoms with van der Waals surface area (Å²) in [5.74, 6) is -0.869. The number of alkyl halides is 6. The lowest BCUT2D eigenvalue weighted by atomic mass is 10.2. The third kappa shape index (κ3) is 9.14. The van der Waals surface area contributed by atoms with Crippen LogP contribution in [0.2, 0.25) is 0 Å². The van der Waals surface area contributed by atoms with Gasteiger partial charge in [0.25, 0.3) is 0 Å². The van der Waals surface area contributed by atoms with Crippen LogP contribution in [0, 0.1) is 0 Å². The zero-order valence-electron chi connectivity index (χ0n) is 22.7. The number of carboxylic acid groups (broad SMARTS) is 1. The van der Waals surface area contributed by atoms with Crippen LogP contribution >= 0.6 is 22.7 Å². The number of nitrogen functional groups attached to an aromatic ring is 1. The third-order valence-electron chi connectivity index (χ3n) is 5.45. The quantitative estimate of drug-likeness (QED) is 0.140. The number of hydrogen-bond donors (Lipinski definition) is 4. The average Bonchev–Trinajstić information content (AvgIpc) is 3.79. The van der Waals surface area contributed by atoms with Gasteiger partial charge in [-0.25, -0.2) is 24.7 Å². The number of fused-ring (bicyclic) bond motifs is 2. The zero-order valence-corrected chi connectivity index (χ0v) is 24.4. The molecule has 20 heteroatoms. The molecule has 0 atom stereocenters. The predicted octanol–water partition coefficient (Wildman–Crippen LogP) is 6.82. The van der Waals surface area contributed by atoms with Crippen LogP contribution in [-0.2, 0) is 30.1 Å². The number of carbonyl (C=O) groups is 2. The van der Waals surface area contributed by atoms with Crippen molar-refractivity contribution in [3.8, 4) is 0 Å². The summed E-state index contributed by atoms with van der Waals surface area (Å²) < 4.78 is 82.8. The second-order valence-corrected chi connectivity index (χ2v) is 10.8. The molecule has 5 N–H and O–H groups in total. The molecule has 242 valence electrons. The molecule has 0 spiro atoms. The topological polar surface area (TPSA) is 182 Å². The monoisotopic (exact) mass is 687 g/mol. The van der Waals surface area contributed by atoms with Crippen molar-refractivity contribution in [1.29, 1.82) is 0 Å². The maximum absolute atomic E-state index is 12.4. The van der Waals surface area contributed by atoms with Crippen LogP contribution in [0.4, 0.5) is 41.4 Å². The molecule has 0 aliphatic carbocycles. The number of pyridine rings is 2. The number of amides is 2. The summed E-state index contributed by atoms with van der Waals surface area (Å²) >= 11 is 0.794. The molecule has 6 aromatic heterocycles. The van der Waals surface area contributed by atoms with E-state index in [1.54, 1.807) is 36.7 Å². The van der Waals surface area contributed by atoms with Gasteiger partial charge in [0.05, 0.1) is 31.3 Å². The number of nitrogens with two attached hydrogens (primary N) is 1. The fourth-order valence-electron chi connectivity index (χ4n) is 3.47. The number of aromatic nitrogens is 4. The Kier molecular flexibility index (Phi) is 10.4. The third-order valence-corrected chi connectivity index (χ3v) is 7.28. The molecule has 12 nitrogen and oxygen atoms in total. The second kappa shape index (κ2) is 14.2. The van der Waals surface area contributed by atoms with Crippen LogP contribution in [0.1, 0.15) is 20.9 Å². The van der Waals surface area contributed by atoms with Crippen LogP contribution < -0.4 is 16.4 Å². The van der Waals surface area contributed by atoms with Gasteiger partial charge in [-0.3, -0.25) is 10.1 Å². The fraction of sp³-hybridized carbons (Fsp3) is 0.154. The molecular weight excluding hydrogens is 668 g/mol. The van der Waals surface area contributed by atoms with E-state index in [1.165, 1.54) is 12.5 Å². The van der Waals surface area contributed by atoms with Gasteiger partial charge in [0.2, 0.25) is 11.4 Å². The lowest BCUT2D eigenvalue weighted by molar-refractivity contribution is -0.136. The van der Waals surface area contributed by atoms with E-state index < -0.39 is 34.1 Å². The van der Waals surface area contributed by atoms with Crippen molar-refractivity contribution in [2.75, 3.05) is 11.1 Å². The van der Waals surface area contributed by atoms with Gasteiger partial charge in [0, 0.05) is 40.8 Å². The van der Waals surface area contributed by atoms with Crippen molar-refractivity contribution in [2.45, 2.75) is 25.3 Å². The molecular formula is C26H19F6N7O5S2. The predicted molar refractivity (Wildman–Crippen MR) is 154 cm³/mol. The second-order valence-electron chi connectivity index (χ2n) is 8.70. The van der Waals surface area contributed by atoms with E-state index >= 15 is 0 Å². The molecule has 0 radical (unpaired) electrons. The molecule has 0 saturated carbocycles. The van der Waals surface area contributed by atoms with Gasteiger partial charge in [-0.05, 0) is 24.3 Å². The van der Waals surface area contributed by atoms with Gasteiger partial charge < -0.3 is 25.0 Å². The molecule has 0 aromatic carbocycles. The van der Waals surface area contributed by atoms with Crippen LogP contribution in [-0.4, -0.2) is 37.0 Å². The maximum atomic E-state index is 12.4. The molecule has 6 heterocycles. The van der Waals surface area contributed by atoms with Gasteiger partial charge >= 0.3 is 24.4 Å². The lowest BCUT2D eigenvalue weighted by Gasteiger charge is -2.04. The Morgan fingerprint density at radius 3 is 1.87 bits per heavy atom. The average molecular weight is 688 g/mol. The number of carboxylic acids is 1. The lowest BCUT2D eigenvalue weighted by Crippen LogP contribution is -2.27. The summed E-state index contributed by atoms with van der Waals surface area (Å²) in [7, 11) is 0. The molecule has 6 rings (SSSR count). The Labute approximate surface area is 260 Å². The van der Waals surface area contributed by atoms with Crippen LogP contribution in [0.25, 0.3) is 22.2 Å². The highest BCUT2D eigenvalue weighted by atomic mass is 32.1. The maximum Gasteiger partial charge on any atom is 0.427 e. The first kappa shape index (κ1) is 33.6. The summed E-state index contributed by atoms with van der Waals surface area (Å²) in [5.41, 5.74) is 7.28. The minimum absolute atomic E-state index is 0.0291. The number of furan rings is 2. The van der Waals surface area contributed by atoms with Gasteiger partial charge in [0.15, 0.2) is 10.3 Å². The molecule has 0 aliphatic heterocycles. The van der Waals surface area contributed by atoms with Crippen molar-refractivity contribution >= 4 is 67.1 Å². The van der Waals surface area contributed by atoms with E-state index in [0.29, 0.717) is 51.4 Å². The summed E-state index contributed by atoms with van der Waals surface area (Å²) in [5, 5.41) is 14.7. The number of nitrogens with one attached hydrogen (secondary N) is 2. The summed E-state index contributed by atoms with van der Waals surface area (Å²) in [6, 6.07) is 6.41. The summed E-state index contributed by atoms with van der Waals surface area (Å²) in [6.45, 7) is 0.141. The number of anilines is 2. The molecule has 0 unspecified atom stereocenters. The molecule has 46 heavy (non-hydrogen) atoms. The number of aliphatic carboxylic acids is 1. The number of carbonyl (C=O) groups excluding carboxylic acids is 1. The Bertz CT molecular complexity index is 1930. The first-order valence-corrected chi connectivity index (χ1v) is 14.0. The van der Waals surface area contributed by atoms with Crippen molar-refractivity contribution in [1.82, 2.24) is 25.3 Å². The van der Waals surface area contributed by atoms with Crippen molar-refractivity contribution in [2.24, 2.45) is 0 Å². The van der Waals surface area contributed by atoms with Crippen molar-refractivity contribution in [3.05, 3.63) is 82.5 Å². The molecule has 0 fully saturated rings. The molecule has 0 bridgehead atoms. The molecule has 6 aromatic rings. The summed E-state index contributed by atoms with van der Waals surface area (Å²) in [4.78, 5) is 35.3. The molecule has 0 aliphatic rings. The normalized spacial score (nSPS) is 11.3. The van der Waals surface area contributed by atoms with Gasteiger partial charge in [0.1, 0.15) is 9.75 Å². The number of thiazole rings is 2. The standard InChI is InChI=1S/C13H9F3N4O2S.C9H7NO3.C4H3F3N2S/c14-13(15,16)9-5-19-12(23-9)20-11(21)18-4-7-6-22-10-8(7)2-1-3-17-10;11-8(12)4-6-5-13-9-7(6)2-1-3-10-9;5-4(6,7)2-1-9-3(8)10-2/h1-3,5-6H,4H2,(H2,18,19,20,21);1-3,5H,4H2,(H,11,12);1H,(H2,8,9). The molecule has 0 saturated heterocycles. The van der Waals surface area contributed by atoms with Crippen LogP contribution in [0.5, 0.6) is 0 Å². The number of hydrogen-bond acceptors (Lipinski definition) is 11. The van der Waals surface area contributed by atoms with Gasteiger partial charge in [-0.2, -0.15) is 26.3 Å². The Morgan fingerprint density at radius 2 is 1.37 bits per heavy atom. The number of urea groups is 1. The van der Waals surface area contributed by atoms with Crippen LogP contribution in [0.15, 0.2) is 70.4 Å². The zero-order chi connectivity index (χ0) is 33.5. The fourth-order valence-corrected chi connectivity index (χ4v) is 4.70. The van der Waals surface area contributed by atoms with Gasteiger partial charge in [-0.1, -0.05) is 22.7 Å². The SMILES string of the molecule is Nc1ncc(C(F)(F)F)s1.O=C(NCc1coc2ncccc12)Nc1ncc(C(F)(F)F)s1.O=C(O)Cc1coc2ncccc12. The Hall–Kier alpha value is -5.24. The number of halogens is 6. The van der Waals surface area contributed by atoms with Crippen molar-refractivity contribution in [3.63, 3.8) is 0 Å². The Morgan fingerprint density at radius 1 is 0.826 bits per heavy atom. The summed E-state index contributed by atoms with van der Waals surface area (Å²) in [6.07, 6.45) is -1.33. The highest BCUT2D eigenvalue weighted by molar-refractivity contribution is 7.16. The van der Waals surface area contributed by atoms with E-state index in [1.807, 2.05) is 0 Å². The van der Waals surface area contributed by atoms with Crippen LogP contribution in [0.3, 0.4) is 0 Å². The molecule has 2 amide bonds. The van der Waals surface area contributed by atoms with E-state index in [0.717, 1.165) is 17.0 Å². The smallest absolute Gasteiger partial charge is 0.427 e. The van der Waals surface area contributed by atoms with Crippen molar-refractivity contribution < 1.29 is 49.9 Å². The highest BCUT2D eigenvalue weighted by Crippen LogP contribution is 2.35. The van der Waals surface area contributed by atoms with E-state index in [-0.39, 0.29) is 23.2 Å². The first-order chi connectivity index (χ1) is 21.7. The minimum Gasteiger partial charge on any atom is -0.481 e. The van der Waals surface area contributed by atoms with Gasteiger partial charge in [-0.15, -0.1) is 0 Å². The number of nitrogens with zero attached hydrogens (tertiary/aromatic N) is 4. The van der Waals surface area contributed by atoms with E-state index in [9.17, 15) is 35.9 Å². The highest BCUT2D eigenvalue weighted by Gasteiger charge is 2.34. The van der Waals surface area contributed by atoms with E-state index in [4.69, 9.17) is 19.7 Å². The first-order valence-electron chi connectivity index (χ1n) is 12.4. The minimum atomic E-state index is -4.48. The number of rotatable bonds is 5. The Balaban J connectivity index is 0.000000175.